The molecule has 3 nitrogen and oxygen atoms in total. The Kier molecular flexibility index (Phi) is 6.83. The maximum Gasteiger partial charge on any atom is 0.338 e. The maximum atomic E-state index is 12.2. The normalized spacial score (nSPS) is 11.1. The zero-order chi connectivity index (χ0) is 19.9. The maximum absolute atomic E-state index is 12.2. The van der Waals surface area contributed by atoms with Gasteiger partial charge in [-0.05, 0) is 52.6 Å². The fourth-order valence-corrected chi connectivity index (χ4v) is 3.44. The highest BCUT2D eigenvalue weighted by Crippen LogP contribution is 2.34. The molecule has 0 spiro atoms. The molecule has 0 bridgehead atoms. The summed E-state index contributed by atoms with van der Waals surface area (Å²) in [6.45, 7) is 5.66. The SMILES string of the molecule is COC(=O)c1cc(CCCOCc2ccccc2)c2ccc(C(C)C)ccc1-2. The summed E-state index contributed by atoms with van der Waals surface area (Å²) >= 11 is 0. The molecule has 1 aromatic rings. The second-order valence-electron chi connectivity index (χ2n) is 7.37. The number of hydrogen-bond donors (Lipinski definition) is 0. The number of ether oxygens (including phenoxy) is 2. The molecule has 146 valence electrons. The Morgan fingerprint density at radius 1 is 0.964 bits per heavy atom. The van der Waals surface area contributed by atoms with Crippen LogP contribution in [0, 0.1) is 0 Å². The summed E-state index contributed by atoms with van der Waals surface area (Å²) in [4.78, 5) is 12.2. The van der Waals surface area contributed by atoms with E-state index in [9.17, 15) is 4.79 Å². The summed E-state index contributed by atoms with van der Waals surface area (Å²) in [5.41, 5.74) is 6.33. The van der Waals surface area contributed by atoms with E-state index in [1.165, 1.54) is 23.8 Å². The average Bonchev–Trinajstić information content (AvgIpc) is 2.90. The van der Waals surface area contributed by atoms with Gasteiger partial charge in [0.05, 0.1) is 19.3 Å². The van der Waals surface area contributed by atoms with Crippen molar-refractivity contribution in [2.75, 3.05) is 13.7 Å². The smallest absolute Gasteiger partial charge is 0.338 e. The molecule has 0 N–H and O–H groups in total. The van der Waals surface area contributed by atoms with E-state index in [1.807, 2.05) is 30.3 Å². The second-order valence-corrected chi connectivity index (χ2v) is 7.37. The Hall–Kier alpha value is -2.65. The summed E-state index contributed by atoms with van der Waals surface area (Å²) in [5, 5.41) is 0. The van der Waals surface area contributed by atoms with E-state index in [1.54, 1.807) is 0 Å². The molecule has 2 aliphatic carbocycles. The Bertz CT molecular complexity index is 884. The molecule has 0 amide bonds. The van der Waals surface area contributed by atoms with E-state index >= 15 is 0 Å². The van der Waals surface area contributed by atoms with Crippen molar-refractivity contribution in [3.63, 3.8) is 0 Å². The van der Waals surface area contributed by atoms with Crippen LogP contribution < -0.4 is 0 Å². The van der Waals surface area contributed by atoms with Crippen LogP contribution in [0.2, 0.25) is 0 Å². The number of benzene rings is 1. The molecule has 0 radical (unpaired) electrons. The van der Waals surface area contributed by atoms with Gasteiger partial charge in [-0.3, -0.25) is 0 Å². The van der Waals surface area contributed by atoms with Crippen LogP contribution in [0.3, 0.4) is 0 Å². The van der Waals surface area contributed by atoms with E-state index < -0.39 is 0 Å². The fraction of sp³-hybridized carbons (Fsp3) is 0.320. The summed E-state index contributed by atoms with van der Waals surface area (Å²) in [6.07, 6.45) is 1.77. The number of rotatable bonds is 8. The highest BCUT2D eigenvalue weighted by Gasteiger charge is 2.20. The number of esters is 1. The van der Waals surface area contributed by atoms with Crippen LogP contribution in [0.1, 0.15) is 53.2 Å². The van der Waals surface area contributed by atoms with Crippen LogP contribution in [-0.2, 0) is 22.5 Å². The third kappa shape index (κ3) is 4.79. The van der Waals surface area contributed by atoms with E-state index in [0.29, 0.717) is 24.7 Å². The first-order chi connectivity index (χ1) is 13.6. The molecule has 0 unspecified atom stereocenters. The number of methoxy groups -OCH3 is 1. The molecule has 0 atom stereocenters. The topological polar surface area (TPSA) is 35.5 Å². The van der Waals surface area contributed by atoms with Crippen LogP contribution >= 0.6 is 0 Å². The van der Waals surface area contributed by atoms with Gasteiger partial charge in [0.15, 0.2) is 0 Å². The molecule has 0 aliphatic heterocycles. The van der Waals surface area contributed by atoms with Gasteiger partial charge in [0, 0.05) is 6.61 Å². The molecular weight excluding hydrogens is 348 g/mol. The lowest BCUT2D eigenvalue weighted by Crippen LogP contribution is -2.00. The average molecular weight is 376 g/mol. The molecular formula is C25H28O3. The third-order valence-electron chi connectivity index (χ3n) is 5.05. The monoisotopic (exact) mass is 376 g/mol. The predicted octanol–water partition coefficient (Wildman–Crippen LogP) is 5.85. The van der Waals surface area contributed by atoms with Gasteiger partial charge >= 0.3 is 5.97 Å². The van der Waals surface area contributed by atoms with Crippen molar-refractivity contribution in [3.05, 3.63) is 82.9 Å². The Morgan fingerprint density at radius 2 is 1.68 bits per heavy atom. The molecule has 0 aromatic heterocycles. The van der Waals surface area contributed by atoms with E-state index in [0.717, 1.165) is 24.0 Å². The lowest BCUT2D eigenvalue weighted by Gasteiger charge is -2.05. The van der Waals surface area contributed by atoms with Crippen molar-refractivity contribution < 1.29 is 14.3 Å². The zero-order valence-corrected chi connectivity index (χ0v) is 16.9. The van der Waals surface area contributed by atoms with Crippen molar-refractivity contribution in [1.29, 1.82) is 0 Å². The molecule has 28 heavy (non-hydrogen) atoms. The molecule has 2 aliphatic rings. The highest BCUT2D eigenvalue weighted by molar-refractivity contribution is 6.00. The molecule has 3 heteroatoms. The number of carbonyl (C=O) groups excluding carboxylic acids is 1. The van der Waals surface area contributed by atoms with Crippen LogP contribution in [0.15, 0.2) is 60.7 Å². The minimum Gasteiger partial charge on any atom is -0.465 e. The second kappa shape index (κ2) is 9.52. The zero-order valence-electron chi connectivity index (χ0n) is 16.9. The van der Waals surface area contributed by atoms with Gasteiger partial charge < -0.3 is 9.47 Å². The van der Waals surface area contributed by atoms with Crippen LogP contribution in [0.25, 0.3) is 11.1 Å². The molecule has 0 heterocycles. The van der Waals surface area contributed by atoms with Crippen LogP contribution in [0.5, 0.6) is 0 Å². The van der Waals surface area contributed by atoms with E-state index in [2.05, 4.69) is 44.2 Å². The molecule has 0 fully saturated rings. The summed E-state index contributed by atoms with van der Waals surface area (Å²) in [6, 6.07) is 20.6. The lowest BCUT2D eigenvalue weighted by molar-refractivity contribution is 0.0602. The standard InChI is InChI=1S/C25H28O3/c1-18(2)20-11-13-22-21(16-24(25(26)27-3)23(22)14-12-20)10-7-15-28-17-19-8-5-4-6-9-19/h4-6,8-9,11-14,16,18H,7,10,15,17H2,1-3H3. The highest BCUT2D eigenvalue weighted by atomic mass is 16.5. The summed E-state index contributed by atoms with van der Waals surface area (Å²) < 4.78 is 10.8. The predicted molar refractivity (Wildman–Crippen MR) is 113 cm³/mol. The van der Waals surface area contributed by atoms with E-state index in [4.69, 9.17) is 9.47 Å². The van der Waals surface area contributed by atoms with Gasteiger partial charge in [-0.15, -0.1) is 0 Å². The largest absolute Gasteiger partial charge is 0.465 e. The third-order valence-corrected chi connectivity index (χ3v) is 5.05. The minimum atomic E-state index is -0.283. The van der Waals surface area contributed by atoms with Gasteiger partial charge in [-0.1, -0.05) is 68.4 Å². The number of hydrogen-bond acceptors (Lipinski definition) is 3. The number of aryl methyl sites for hydroxylation is 1. The van der Waals surface area contributed by atoms with Gasteiger partial charge in [0.25, 0.3) is 0 Å². The molecule has 1 aromatic carbocycles. The first-order valence-corrected chi connectivity index (χ1v) is 9.85. The van der Waals surface area contributed by atoms with Crippen molar-refractivity contribution >= 4 is 5.97 Å². The van der Waals surface area contributed by atoms with Crippen LogP contribution in [-0.4, -0.2) is 19.7 Å². The number of fused-ring (bicyclic) bond motifs is 1. The molecule has 0 saturated heterocycles. The van der Waals surface area contributed by atoms with Crippen molar-refractivity contribution in [2.45, 2.75) is 39.2 Å². The first-order valence-electron chi connectivity index (χ1n) is 9.85. The Balaban J connectivity index is 1.72. The quantitative estimate of drug-likeness (QED) is 0.365. The van der Waals surface area contributed by atoms with Crippen molar-refractivity contribution in [2.24, 2.45) is 0 Å². The van der Waals surface area contributed by atoms with Gasteiger partial charge in [0.1, 0.15) is 0 Å². The van der Waals surface area contributed by atoms with Crippen LogP contribution in [0.4, 0.5) is 0 Å². The van der Waals surface area contributed by atoms with Crippen molar-refractivity contribution in [3.8, 4) is 11.1 Å². The summed E-state index contributed by atoms with van der Waals surface area (Å²) in [5.74, 6) is 0.154. The van der Waals surface area contributed by atoms with E-state index in [-0.39, 0.29) is 5.97 Å². The van der Waals surface area contributed by atoms with Gasteiger partial charge in [-0.25, -0.2) is 4.79 Å². The Labute approximate surface area is 167 Å². The summed E-state index contributed by atoms with van der Waals surface area (Å²) in [7, 11) is 1.43. The lowest BCUT2D eigenvalue weighted by atomic mass is 10.1. The molecule has 0 saturated carbocycles. The fourth-order valence-electron chi connectivity index (χ4n) is 3.44. The van der Waals surface area contributed by atoms with Gasteiger partial charge in [0.2, 0.25) is 0 Å². The molecule has 3 rings (SSSR count). The van der Waals surface area contributed by atoms with Crippen molar-refractivity contribution in [1.82, 2.24) is 0 Å². The van der Waals surface area contributed by atoms with Gasteiger partial charge in [-0.2, -0.15) is 0 Å². The minimum absolute atomic E-state index is 0.283. The Morgan fingerprint density at radius 3 is 2.36 bits per heavy atom. The number of carbonyl (C=O) groups is 1. The first kappa shape index (κ1) is 20.1.